The summed E-state index contributed by atoms with van der Waals surface area (Å²) < 4.78 is 0. The molecule has 2 rings (SSSR count). The smallest absolute Gasteiger partial charge is 0.303 e. The van der Waals surface area contributed by atoms with Gasteiger partial charge in [-0.3, -0.25) is 4.79 Å². The zero-order valence-electron chi connectivity index (χ0n) is 11.6. The first-order chi connectivity index (χ1) is 8.52. The third-order valence-corrected chi connectivity index (χ3v) is 5.70. The molecule has 1 spiro atoms. The molecule has 18 heavy (non-hydrogen) atoms. The van der Waals surface area contributed by atoms with Crippen LogP contribution in [-0.4, -0.2) is 17.1 Å². The molecule has 104 valence electrons. The predicted molar refractivity (Wildman–Crippen MR) is 72.3 cm³/mol. The van der Waals surface area contributed by atoms with E-state index in [-0.39, 0.29) is 17.9 Å². The van der Waals surface area contributed by atoms with Crippen LogP contribution in [0.1, 0.15) is 71.1 Å². The van der Waals surface area contributed by atoms with Gasteiger partial charge in [0.25, 0.3) is 0 Å². The molecule has 3 nitrogen and oxygen atoms in total. The van der Waals surface area contributed by atoms with Crippen LogP contribution in [0.4, 0.5) is 0 Å². The SMILES string of the molecule is CCC(N)C1(CC(=O)O)CCC2(CCCC2)CC1. The first kappa shape index (κ1) is 13.9. The summed E-state index contributed by atoms with van der Waals surface area (Å²) in [5, 5.41) is 9.18. The summed E-state index contributed by atoms with van der Waals surface area (Å²) in [4.78, 5) is 11.2. The second-order valence-corrected chi connectivity index (χ2v) is 6.65. The minimum absolute atomic E-state index is 0.0485. The van der Waals surface area contributed by atoms with E-state index in [1.807, 2.05) is 0 Å². The molecule has 0 bridgehead atoms. The molecule has 1 unspecified atom stereocenters. The first-order valence-electron chi connectivity index (χ1n) is 7.49. The zero-order chi connectivity index (χ0) is 13.2. The normalized spacial score (nSPS) is 27.2. The fraction of sp³-hybridized carbons (Fsp3) is 0.933. The van der Waals surface area contributed by atoms with Crippen molar-refractivity contribution in [2.45, 2.75) is 77.2 Å². The largest absolute Gasteiger partial charge is 0.481 e. The van der Waals surface area contributed by atoms with Gasteiger partial charge in [0, 0.05) is 6.04 Å². The predicted octanol–water partition coefficient (Wildman–Crippen LogP) is 3.32. The van der Waals surface area contributed by atoms with Gasteiger partial charge in [0.2, 0.25) is 0 Å². The molecule has 3 heteroatoms. The Morgan fingerprint density at radius 3 is 2.17 bits per heavy atom. The Kier molecular flexibility index (Phi) is 4.00. The number of nitrogens with two attached hydrogens (primary N) is 1. The minimum atomic E-state index is -0.679. The number of carboxylic acids is 1. The van der Waals surface area contributed by atoms with Crippen LogP contribution in [0.2, 0.25) is 0 Å². The van der Waals surface area contributed by atoms with Crippen molar-refractivity contribution < 1.29 is 9.90 Å². The lowest BCUT2D eigenvalue weighted by Crippen LogP contribution is -2.47. The maximum Gasteiger partial charge on any atom is 0.303 e. The van der Waals surface area contributed by atoms with Crippen LogP contribution in [0, 0.1) is 10.8 Å². The quantitative estimate of drug-likeness (QED) is 0.808. The van der Waals surface area contributed by atoms with Gasteiger partial charge in [-0.15, -0.1) is 0 Å². The van der Waals surface area contributed by atoms with E-state index in [9.17, 15) is 9.90 Å². The standard InChI is InChI=1S/C15H27NO2/c1-2-12(16)15(11-13(17)18)9-7-14(8-10-15)5-3-4-6-14/h12H,2-11,16H2,1H3,(H,17,18). The maximum atomic E-state index is 11.2. The van der Waals surface area contributed by atoms with Crippen molar-refractivity contribution in [2.24, 2.45) is 16.6 Å². The van der Waals surface area contributed by atoms with E-state index < -0.39 is 5.97 Å². The highest BCUT2D eigenvalue weighted by Gasteiger charge is 2.47. The number of aliphatic carboxylic acids is 1. The summed E-state index contributed by atoms with van der Waals surface area (Å²) in [6, 6.07) is 0.0485. The molecule has 2 aliphatic carbocycles. The van der Waals surface area contributed by atoms with Gasteiger partial charge in [0.1, 0.15) is 0 Å². The van der Waals surface area contributed by atoms with Gasteiger partial charge < -0.3 is 10.8 Å². The van der Waals surface area contributed by atoms with Crippen LogP contribution < -0.4 is 5.73 Å². The molecule has 3 N–H and O–H groups in total. The van der Waals surface area contributed by atoms with Gasteiger partial charge in [-0.1, -0.05) is 19.8 Å². The Morgan fingerprint density at radius 1 is 1.17 bits per heavy atom. The first-order valence-corrected chi connectivity index (χ1v) is 7.49. The Bertz CT molecular complexity index is 298. The fourth-order valence-electron chi connectivity index (χ4n) is 4.32. The van der Waals surface area contributed by atoms with Crippen LogP contribution in [0.25, 0.3) is 0 Å². The Hall–Kier alpha value is -0.570. The van der Waals surface area contributed by atoms with Crippen LogP contribution in [0.15, 0.2) is 0 Å². The Labute approximate surface area is 110 Å². The van der Waals surface area contributed by atoms with Gasteiger partial charge in [-0.25, -0.2) is 0 Å². The van der Waals surface area contributed by atoms with Crippen molar-refractivity contribution in [3.63, 3.8) is 0 Å². The molecule has 2 fully saturated rings. The highest BCUT2D eigenvalue weighted by molar-refractivity contribution is 5.68. The molecule has 0 radical (unpaired) electrons. The molecule has 0 heterocycles. The number of hydrogen-bond donors (Lipinski definition) is 2. The maximum absolute atomic E-state index is 11.2. The van der Waals surface area contributed by atoms with Gasteiger partial charge in [0.15, 0.2) is 0 Å². The van der Waals surface area contributed by atoms with E-state index >= 15 is 0 Å². The number of carbonyl (C=O) groups is 1. The lowest BCUT2D eigenvalue weighted by molar-refractivity contribution is -0.141. The molecule has 2 saturated carbocycles. The number of hydrogen-bond acceptors (Lipinski definition) is 2. The molecule has 2 aliphatic rings. The summed E-state index contributed by atoms with van der Waals surface area (Å²) in [6.07, 6.45) is 11.1. The molecular formula is C15H27NO2. The highest BCUT2D eigenvalue weighted by Crippen LogP contribution is 2.55. The summed E-state index contributed by atoms with van der Waals surface area (Å²) in [7, 11) is 0. The van der Waals surface area contributed by atoms with E-state index in [0.29, 0.717) is 5.41 Å². The molecule has 0 aromatic rings. The zero-order valence-corrected chi connectivity index (χ0v) is 11.6. The molecule has 0 aliphatic heterocycles. The lowest BCUT2D eigenvalue weighted by atomic mass is 9.59. The molecule has 0 amide bonds. The second-order valence-electron chi connectivity index (χ2n) is 6.65. The van der Waals surface area contributed by atoms with Gasteiger partial charge in [-0.05, 0) is 55.8 Å². The van der Waals surface area contributed by atoms with Crippen LogP contribution in [-0.2, 0) is 4.79 Å². The van der Waals surface area contributed by atoms with E-state index in [0.717, 1.165) is 19.3 Å². The summed E-state index contributed by atoms with van der Waals surface area (Å²) in [6.45, 7) is 2.08. The van der Waals surface area contributed by atoms with Crippen LogP contribution in [0.5, 0.6) is 0 Å². The summed E-state index contributed by atoms with van der Waals surface area (Å²) in [5.74, 6) is -0.679. The van der Waals surface area contributed by atoms with E-state index in [2.05, 4.69) is 6.92 Å². The van der Waals surface area contributed by atoms with Crippen molar-refractivity contribution in [3.05, 3.63) is 0 Å². The van der Waals surface area contributed by atoms with Crippen molar-refractivity contribution >= 4 is 5.97 Å². The molecule has 1 atom stereocenters. The second kappa shape index (κ2) is 5.20. The van der Waals surface area contributed by atoms with Crippen molar-refractivity contribution in [1.29, 1.82) is 0 Å². The Morgan fingerprint density at radius 2 is 1.72 bits per heavy atom. The van der Waals surface area contributed by atoms with Gasteiger partial charge >= 0.3 is 5.97 Å². The number of rotatable bonds is 4. The molecular weight excluding hydrogens is 226 g/mol. The number of carboxylic acid groups (broad SMARTS) is 1. The molecule has 0 aromatic heterocycles. The van der Waals surface area contributed by atoms with Gasteiger partial charge in [-0.2, -0.15) is 0 Å². The van der Waals surface area contributed by atoms with Gasteiger partial charge in [0.05, 0.1) is 6.42 Å². The average Bonchev–Trinajstić information content (AvgIpc) is 2.80. The molecule has 0 aromatic carbocycles. The third kappa shape index (κ3) is 2.56. The minimum Gasteiger partial charge on any atom is -0.481 e. The summed E-state index contributed by atoms with van der Waals surface area (Å²) >= 11 is 0. The van der Waals surface area contributed by atoms with Crippen molar-refractivity contribution in [3.8, 4) is 0 Å². The van der Waals surface area contributed by atoms with E-state index in [4.69, 9.17) is 5.73 Å². The van der Waals surface area contributed by atoms with Crippen LogP contribution >= 0.6 is 0 Å². The monoisotopic (exact) mass is 253 g/mol. The van der Waals surface area contributed by atoms with E-state index in [1.54, 1.807) is 0 Å². The lowest BCUT2D eigenvalue weighted by Gasteiger charge is -2.47. The van der Waals surface area contributed by atoms with Crippen LogP contribution in [0.3, 0.4) is 0 Å². The Balaban J connectivity index is 2.07. The highest BCUT2D eigenvalue weighted by atomic mass is 16.4. The van der Waals surface area contributed by atoms with Crippen molar-refractivity contribution in [1.82, 2.24) is 0 Å². The average molecular weight is 253 g/mol. The topological polar surface area (TPSA) is 63.3 Å². The summed E-state index contributed by atoms with van der Waals surface area (Å²) in [5.41, 5.74) is 6.68. The molecule has 0 saturated heterocycles. The van der Waals surface area contributed by atoms with Crippen molar-refractivity contribution in [2.75, 3.05) is 0 Å². The third-order valence-electron chi connectivity index (χ3n) is 5.70. The fourth-order valence-corrected chi connectivity index (χ4v) is 4.32. The van der Waals surface area contributed by atoms with E-state index in [1.165, 1.54) is 38.5 Å².